The molecule has 9 nitrogen and oxygen atoms in total. The number of nitrogen functional groups attached to an aromatic ring is 1. The lowest BCUT2D eigenvalue weighted by atomic mass is 10.0. The van der Waals surface area contributed by atoms with Gasteiger partial charge in [0.05, 0.1) is 0 Å². The maximum Gasteiger partial charge on any atom is 0.269 e. The number of halogens is 1. The van der Waals surface area contributed by atoms with Gasteiger partial charge in [0.15, 0.2) is 11.5 Å². The topological polar surface area (TPSA) is 139 Å². The number of hydrazine groups is 1. The highest BCUT2D eigenvalue weighted by molar-refractivity contribution is 14.1. The fraction of sp³-hybridized carbons (Fsp3) is 0.138. The van der Waals surface area contributed by atoms with Crippen LogP contribution in [0.5, 0.6) is 11.5 Å². The van der Waals surface area contributed by atoms with E-state index in [0.29, 0.717) is 38.3 Å². The summed E-state index contributed by atoms with van der Waals surface area (Å²) in [5.41, 5.74) is 13.6. The second-order valence-corrected chi connectivity index (χ2v) is 8.97. The Bertz CT molecular complexity index is 1340. The van der Waals surface area contributed by atoms with Crippen molar-refractivity contribution >= 4 is 45.9 Å². The highest BCUT2D eigenvalue weighted by Gasteiger charge is 2.24. The van der Waals surface area contributed by atoms with Crippen LogP contribution in [-0.4, -0.2) is 30.9 Å². The van der Waals surface area contributed by atoms with Crippen LogP contribution in [0.4, 0.5) is 5.69 Å². The third-order valence-electron chi connectivity index (χ3n) is 5.49. The van der Waals surface area contributed by atoms with E-state index >= 15 is 0 Å². The molecule has 0 aromatic heterocycles. The van der Waals surface area contributed by atoms with E-state index in [1.165, 1.54) is 0 Å². The Labute approximate surface area is 241 Å². The zero-order chi connectivity index (χ0) is 28.2. The van der Waals surface area contributed by atoms with E-state index in [4.69, 9.17) is 20.6 Å². The monoisotopic (exact) mass is 639 g/mol. The molecule has 3 aromatic rings. The number of amides is 2. The van der Waals surface area contributed by atoms with E-state index in [1.807, 2.05) is 12.1 Å². The lowest BCUT2D eigenvalue weighted by molar-refractivity contribution is -0.122. The fourth-order valence-corrected chi connectivity index (χ4v) is 4.23. The number of ether oxygens (including phenoxy) is 2. The first-order chi connectivity index (χ1) is 18.9. The molecule has 0 saturated heterocycles. The minimum absolute atomic E-state index is 0.0653. The van der Waals surface area contributed by atoms with Gasteiger partial charge in [0.25, 0.3) is 11.8 Å². The molecular weight excluding hydrogens is 609 g/mol. The maximum atomic E-state index is 13.5. The molecule has 6 N–H and O–H groups in total. The Morgan fingerprint density at radius 2 is 1.62 bits per heavy atom. The summed E-state index contributed by atoms with van der Waals surface area (Å²) in [5, 5.41) is 10.8. The molecule has 0 radical (unpaired) electrons. The van der Waals surface area contributed by atoms with E-state index in [9.17, 15) is 9.59 Å². The fourth-order valence-electron chi connectivity index (χ4n) is 3.56. The number of hydrogen-bond acceptors (Lipinski definition) is 6. The zero-order valence-electron chi connectivity index (χ0n) is 21.2. The summed E-state index contributed by atoms with van der Waals surface area (Å²) >= 11 is 2.18. The Morgan fingerprint density at radius 3 is 2.26 bits per heavy atom. The lowest BCUT2D eigenvalue weighted by Crippen LogP contribution is -2.45. The second-order valence-electron chi connectivity index (χ2n) is 8.21. The molecule has 2 amide bonds. The number of anilines is 1. The number of nitrogens with one attached hydrogen (secondary N) is 4. The molecule has 39 heavy (non-hydrogen) atoms. The molecule has 3 rings (SSSR count). The van der Waals surface area contributed by atoms with Gasteiger partial charge >= 0.3 is 0 Å². The third-order valence-corrected chi connectivity index (χ3v) is 6.31. The van der Waals surface area contributed by atoms with Gasteiger partial charge in [-0.15, -0.1) is 0 Å². The molecule has 1 unspecified atom stereocenters. The van der Waals surface area contributed by atoms with Crippen molar-refractivity contribution in [3.8, 4) is 11.5 Å². The van der Waals surface area contributed by atoms with Gasteiger partial charge in [0, 0.05) is 21.2 Å². The molecule has 0 spiro atoms. The summed E-state index contributed by atoms with van der Waals surface area (Å²) in [7, 11) is 0. The van der Waals surface area contributed by atoms with Gasteiger partial charge in [-0.2, -0.15) is 0 Å². The van der Waals surface area contributed by atoms with E-state index < -0.39 is 17.9 Å². The van der Waals surface area contributed by atoms with Crippen LogP contribution in [0.2, 0.25) is 0 Å². The van der Waals surface area contributed by atoms with E-state index in [0.717, 1.165) is 5.56 Å². The van der Waals surface area contributed by atoms with Gasteiger partial charge < -0.3 is 20.5 Å². The molecule has 202 valence electrons. The minimum Gasteiger partial charge on any atom is -0.486 e. The first-order valence-corrected chi connectivity index (χ1v) is 13.5. The highest BCUT2D eigenvalue weighted by Crippen LogP contribution is 2.32. The molecule has 0 aliphatic rings. The Balaban J connectivity index is 1.90. The molecule has 0 heterocycles. The summed E-state index contributed by atoms with van der Waals surface area (Å²) in [4.78, 5) is 26.3. The Morgan fingerprint density at radius 1 is 0.949 bits per heavy atom. The molecule has 0 bridgehead atoms. The minimum atomic E-state index is -0.937. The van der Waals surface area contributed by atoms with Crippen LogP contribution in [-0.2, 0) is 9.22 Å². The third kappa shape index (κ3) is 8.08. The van der Waals surface area contributed by atoms with Crippen LogP contribution in [0.1, 0.15) is 33.1 Å². The number of carbonyl (C=O) groups is 2. The van der Waals surface area contributed by atoms with Crippen LogP contribution in [0.3, 0.4) is 0 Å². The maximum absolute atomic E-state index is 13.5. The number of carbonyl (C=O) groups excluding carboxylic acids is 2. The lowest BCUT2D eigenvalue weighted by Gasteiger charge is -2.22. The number of amidine groups is 1. The summed E-state index contributed by atoms with van der Waals surface area (Å²) in [6.45, 7) is 7.86. The molecular formula is C29H30IN5O4. The smallest absolute Gasteiger partial charge is 0.269 e. The van der Waals surface area contributed by atoms with Crippen molar-refractivity contribution < 1.29 is 19.1 Å². The van der Waals surface area contributed by atoms with Gasteiger partial charge in [-0.05, 0) is 53.6 Å². The van der Waals surface area contributed by atoms with Crippen LogP contribution >= 0.6 is 22.6 Å². The molecule has 0 saturated carbocycles. The van der Waals surface area contributed by atoms with E-state index in [1.54, 1.807) is 66.7 Å². The van der Waals surface area contributed by atoms with Crippen molar-refractivity contribution in [1.82, 2.24) is 10.9 Å². The van der Waals surface area contributed by atoms with Crippen molar-refractivity contribution in [1.29, 1.82) is 5.41 Å². The van der Waals surface area contributed by atoms with Crippen LogP contribution in [0, 0.1) is 5.41 Å². The highest BCUT2D eigenvalue weighted by atomic mass is 127. The van der Waals surface area contributed by atoms with E-state index in [-0.39, 0.29) is 19.0 Å². The van der Waals surface area contributed by atoms with Crippen molar-refractivity contribution in [3.05, 3.63) is 114 Å². The largest absolute Gasteiger partial charge is 0.486 e. The SMILES string of the molecule is C=CCOc1ccc(C(Nc2ccc(C(=N)N)cc2)C(=O)NNC(=O)c2ccccc2CI)cc1OCC=C. The first kappa shape index (κ1) is 29.2. The summed E-state index contributed by atoms with van der Waals surface area (Å²) in [6.07, 6.45) is 3.22. The standard InChI is InChI=1S/C29H30IN5O4/c1-3-15-38-24-14-11-20(17-25(24)39-16-4-2)26(33-22-12-9-19(10-13-22)27(31)32)29(37)35-34-28(36)23-8-6-5-7-21(23)18-30/h3-14,17,26,33H,1-2,15-16,18H2,(H3,31,32)(H,34,36)(H,35,37). The van der Waals surface area contributed by atoms with Crippen LogP contribution < -0.4 is 31.4 Å². The normalized spacial score (nSPS) is 11.0. The first-order valence-electron chi connectivity index (χ1n) is 11.9. The van der Waals surface area contributed by atoms with Crippen LogP contribution in [0.25, 0.3) is 0 Å². The van der Waals surface area contributed by atoms with Gasteiger partial charge in [-0.3, -0.25) is 25.8 Å². The molecule has 0 aliphatic heterocycles. The molecule has 1 atom stereocenters. The number of benzene rings is 3. The molecule has 10 heteroatoms. The summed E-state index contributed by atoms with van der Waals surface area (Å²) < 4.78 is 12.1. The van der Waals surface area contributed by atoms with E-state index in [2.05, 4.69) is 51.9 Å². The number of alkyl halides is 1. The van der Waals surface area contributed by atoms with Crippen molar-refractivity contribution in [3.63, 3.8) is 0 Å². The quantitative estimate of drug-likeness (QED) is 0.0461. The number of nitrogens with two attached hydrogens (primary N) is 1. The van der Waals surface area contributed by atoms with Crippen molar-refractivity contribution in [2.45, 2.75) is 10.5 Å². The zero-order valence-corrected chi connectivity index (χ0v) is 23.4. The van der Waals surface area contributed by atoms with Crippen LogP contribution in [0.15, 0.2) is 92.0 Å². The van der Waals surface area contributed by atoms with Gasteiger partial charge in [-0.25, -0.2) is 0 Å². The average molecular weight is 639 g/mol. The summed E-state index contributed by atoms with van der Waals surface area (Å²) in [5.74, 6) is -0.108. The number of hydrogen-bond donors (Lipinski definition) is 5. The Kier molecular flexibility index (Phi) is 10.9. The molecule has 0 aliphatic carbocycles. The van der Waals surface area contributed by atoms with Gasteiger partial charge in [0.2, 0.25) is 0 Å². The van der Waals surface area contributed by atoms with Crippen molar-refractivity contribution in [2.24, 2.45) is 5.73 Å². The molecule has 0 fully saturated rings. The predicted molar refractivity (Wildman–Crippen MR) is 161 cm³/mol. The Hall–Kier alpha value is -4.32. The second kappa shape index (κ2) is 14.6. The molecule has 3 aromatic carbocycles. The number of rotatable bonds is 13. The van der Waals surface area contributed by atoms with Gasteiger partial charge in [0.1, 0.15) is 25.1 Å². The summed E-state index contributed by atoms with van der Waals surface area (Å²) in [6, 6.07) is 18.1. The predicted octanol–water partition coefficient (Wildman–Crippen LogP) is 4.65. The van der Waals surface area contributed by atoms with Crippen molar-refractivity contribution in [2.75, 3.05) is 18.5 Å². The van der Waals surface area contributed by atoms with Gasteiger partial charge in [-0.1, -0.05) is 72.2 Å². The average Bonchev–Trinajstić information content (AvgIpc) is 2.96.